The lowest BCUT2D eigenvalue weighted by Crippen LogP contribution is -2.16. The number of hydrogen-bond acceptors (Lipinski definition) is 8. The summed E-state index contributed by atoms with van der Waals surface area (Å²) in [5.41, 5.74) is 2.67. The molecule has 2 aromatic carbocycles. The third-order valence-corrected chi connectivity index (χ3v) is 12.6. The maximum Gasteiger partial charge on any atom is 0.264 e. The smallest absolute Gasteiger partial charge is 0.264 e. The molecule has 0 spiro atoms. The zero-order valence-electron chi connectivity index (χ0n) is 22.0. The molecule has 0 fully saturated rings. The Balaban J connectivity index is 1.29. The number of imidazole rings is 2. The van der Waals surface area contributed by atoms with Gasteiger partial charge in [-0.2, -0.15) is 0 Å². The number of benzene rings is 2. The predicted molar refractivity (Wildman–Crippen MR) is 178 cm³/mol. The molecule has 42 heavy (non-hydrogen) atoms. The van der Waals surface area contributed by atoms with Crippen molar-refractivity contribution in [2.45, 2.75) is 13.8 Å². The van der Waals surface area contributed by atoms with Crippen molar-refractivity contribution in [3.8, 4) is 19.5 Å². The highest BCUT2D eigenvalue weighted by Crippen LogP contribution is 2.42. The van der Waals surface area contributed by atoms with Crippen LogP contribution in [-0.4, -0.2) is 18.8 Å². The van der Waals surface area contributed by atoms with E-state index in [1.165, 1.54) is 19.5 Å². The number of nitrogens with zero attached hydrogens (tertiary/aromatic N) is 4. The molecule has 0 unspecified atom stereocenters. The minimum absolute atomic E-state index is 0.117. The van der Waals surface area contributed by atoms with Gasteiger partial charge < -0.3 is 0 Å². The molecular weight excluding hydrogens is 601 g/mol. The van der Waals surface area contributed by atoms with Gasteiger partial charge in [-0.15, -0.1) is 45.3 Å². The monoisotopic (exact) mass is 616 g/mol. The van der Waals surface area contributed by atoms with Gasteiger partial charge in [0.2, 0.25) is 0 Å². The highest BCUT2D eigenvalue weighted by atomic mass is 32.1. The fraction of sp³-hybridized carbons (Fsp3) is 0.0625. The van der Waals surface area contributed by atoms with Gasteiger partial charge in [-0.1, -0.05) is 0 Å². The van der Waals surface area contributed by atoms with Crippen molar-refractivity contribution >= 4 is 110 Å². The summed E-state index contributed by atoms with van der Waals surface area (Å²) in [7, 11) is 0. The molecule has 0 aliphatic heterocycles. The van der Waals surface area contributed by atoms with Crippen molar-refractivity contribution in [3.63, 3.8) is 0 Å². The van der Waals surface area contributed by atoms with Crippen molar-refractivity contribution in [1.82, 2.24) is 18.8 Å². The number of aromatic nitrogens is 4. The third-order valence-electron chi connectivity index (χ3n) is 8.18. The summed E-state index contributed by atoms with van der Waals surface area (Å²) in [4.78, 5) is 46.8. The SMILES string of the molecule is Cc1ccc(-c2cc3c(nc4c5ccc6c7c(ccc(c(=O)n34)c57)c(=O)n3c4cc(-c5ccc(C)s5)sc4nc63)s2)s1. The lowest BCUT2D eigenvalue weighted by Gasteiger charge is -2.12. The molecule has 10 rings (SSSR count). The minimum atomic E-state index is -0.117. The van der Waals surface area contributed by atoms with E-state index in [0.717, 1.165) is 52.0 Å². The molecule has 0 bridgehead atoms. The van der Waals surface area contributed by atoms with Crippen molar-refractivity contribution in [1.29, 1.82) is 0 Å². The van der Waals surface area contributed by atoms with E-state index in [1.807, 2.05) is 24.3 Å². The van der Waals surface area contributed by atoms with Crippen LogP contribution >= 0.6 is 45.3 Å². The molecule has 0 N–H and O–H groups in total. The molecule has 0 atom stereocenters. The van der Waals surface area contributed by atoms with E-state index in [-0.39, 0.29) is 11.1 Å². The van der Waals surface area contributed by atoms with E-state index in [1.54, 1.807) is 54.1 Å². The van der Waals surface area contributed by atoms with Gasteiger partial charge >= 0.3 is 0 Å². The van der Waals surface area contributed by atoms with Gasteiger partial charge in [-0.05, 0) is 74.5 Å². The van der Waals surface area contributed by atoms with Crippen LogP contribution in [0.25, 0.3) is 83.8 Å². The second-order valence-corrected chi connectivity index (χ2v) is 15.3. The lowest BCUT2D eigenvalue weighted by atomic mass is 9.96. The first-order valence-corrected chi connectivity index (χ1v) is 16.6. The van der Waals surface area contributed by atoms with Crippen molar-refractivity contribution < 1.29 is 0 Å². The van der Waals surface area contributed by atoms with Gasteiger partial charge in [0.05, 0.1) is 11.0 Å². The van der Waals surface area contributed by atoms with Crippen LogP contribution < -0.4 is 11.1 Å². The summed E-state index contributed by atoms with van der Waals surface area (Å²) < 4.78 is 3.48. The number of hydrogen-bond donors (Lipinski definition) is 0. The first-order valence-electron chi connectivity index (χ1n) is 13.3. The zero-order chi connectivity index (χ0) is 28.0. The average molecular weight is 617 g/mol. The molecule has 200 valence electrons. The fourth-order valence-corrected chi connectivity index (χ4v) is 10.3. The normalized spacial score (nSPS) is 12.7. The van der Waals surface area contributed by atoms with E-state index in [0.29, 0.717) is 22.1 Å². The van der Waals surface area contributed by atoms with Crippen LogP contribution in [0.4, 0.5) is 0 Å². The molecular formula is C32H16N4O2S4. The summed E-state index contributed by atoms with van der Waals surface area (Å²) in [6.07, 6.45) is 0. The topological polar surface area (TPSA) is 68.7 Å². The van der Waals surface area contributed by atoms with Gasteiger partial charge in [0.1, 0.15) is 21.0 Å². The summed E-state index contributed by atoms with van der Waals surface area (Å²) in [6, 6.07) is 20.3. The van der Waals surface area contributed by atoms with E-state index in [2.05, 4.69) is 50.2 Å². The van der Waals surface area contributed by atoms with Crippen LogP contribution in [-0.2, 0) is 0 Å². The Morgan fingerprint density at radius 2 is 0.952 bits per heavy atom. The Bertz CT molecular complexity index is 2680. The van der Waals surface area contributed by atoms with Crippen LogP contribution in [0.2, 0.25) is 0 Å². The van der Waals surface area contributed by atoms with Gasteiger partial charge in [0, 0.05) is 61.6 Å². The number of rotatable bonds is 2. The van der Waals surface area contributed by atoms with Crippen molar-refractivity contribution in [2.24, 2.45) is 0 Å². The van der Waals surface area contributed by atoms with E-state index >= 15 is 0 Å². The largest absolute Gasteiger partial charge is 0.268 e. The summed E-state index contributed by atoms with van der Waals surface area (Å²) in [5.74, 6) is 0. The molecule has 8 heterocycles. The molecule has 0 saturated heterocycles. The molecule has 8 aromatic heterocycles. The number of thiophene rings is 4. The van der Waals surface area contributed by atoms with Crippen LogP contribution in [0.15, 0.2) is 70.3 Å². The molecule has 0 saturated carbocycles. The molecule has 0 amide bonds. The molecule has 10 heteroatoms. The van der Waals surface area contributed by atoms with E-state index < -0.39 is 0 Å². The fourth-order valence-electron chi connectivity index (χ4n) is 6.36. The summed E-state index contributed by atoms with van der Waals surface area (Å²) >= 11 is 6.69. The lowest BCUT2D eigenvalue weighted by molar-refractivity contribution is 1.18. The Labute approximate surface area is 251 Å². The predicted octanol–water partition coefficient (Wildman–Crippen LogP) is 8.54. The Hall–Kier alpha value is -4.22. The zero-order valence-corrected chi connectivity index (χ0v) is 25.3. The molecule has 0 aliphatic carbocycles. The van der Waals surface area contributed by atoms with E-state index in [4.69, 9.17) is 9.97 Å². The molecule has 0 aliphatic rings. The Kier molecular flexibility index (Phi) is 4.33. The second-order valence-electron chi connectivity index (χ2n) is 10.6. The van der Waals surface area contributed by atoms with Crippen LogP contribution in [0.1, 0.15) is 9.75 Å². The average Bonchev–Trinajstić information content (AvgIpc) is 3.80. The molecule has 6 nitrogen and oxygen atoms in total. The first-order chi connectivity index (χ1) is 20.4. The highest BCUT2D eigenvalue weighted by molar-refractivity contribution is 7.26. The van der Waals surface area contributed by atoms with Gasteiger partial charge in [0.15, 0.2) is 0 Å². The minimum Gasteiger partial charge on any atom is -0.268 e. The van der Waals surface area contributed by atoms with Gasteiger partial charge in [-0.25, -0.2) is 9.97 Å². The van der Waals surface area contributed by atoms with Gasteiger partial charge in [-0.3, -0.25) is 18.4 Å². The van der Waals surface area contributed by atoms with Crippen LogP contribution in [0.3, 0.4) is 0 Å². The Morgan fingerprint density at radius 1 is 0.524 bits per heavy atom. The maximum atomic E-state index is 14.1. The standard InChI is InChI=1S/C32H16N4O2S4/c1-13-3-9-21(39-13)23-11-19-29(41-23)33-27-15-5-6-16-26-18(8-7-17(25(15)26)31(37)35(19)27)32(38)36-20-12-24(22-10-4-14(2)40-22)42-30(20)34-28(16)36/h3-12H,1-2H3. The van der Waals surface area contributed by atoms with Crippen molar-refractivity contribution in [2.75, 3.05) is 0 Å². The quantitative estimate of drug-likeness (QED) is 0.183. The molecule has 0 radical (unpaired) electrons. The first kappa shape index (κ1) is 23.4. The second kappa shape index (κ2) is 7.78. The van der Waals surface area contributed by atoms with E-state index in [9.17, 15) is 9.59 Å². The van der Waals surface area contributed by atoms with Gasteiger partial charge in [0.25, 0.3) is 11.1 Å². The van der Waals surface area contributed by atoms with Crippen LogP contribution in [0, 0.1) is 13.8 Å². The molecule has 10 aromatic rings. The number of pyridine rings is 2. The third kappa shape index (κ3) is 2.82. The maximum absolute atomic E-state index is 14.1. The van der Waals surface area contributed by atoms with Crippen LogP contribution in [0.5, 0.6) is 0 Å². The Morgan fingerprint density at radius 3 is 1.36 bits per heavy atom. The number of fused-ring (bicyclic) bond motifs is 8. The summed E-state index contributed by atoms with van der Waals surface area (Å²) in [6.45, 7) is 4.19. The highest BCUT2D eigenvalue weighted by Gasteiger charge is 2.24. The number of aryl methyl sites for hydroxylation is 2. The van der Waals surface area contributed by atoms with Crippen molar-refractivity contribution in [3.05, 3.63) is 91.1 Å². The summed E-state index contributed by atoms with van der Waals surface area (Å²) in [5, 5.41) is 4.48.